The Morgan fingerprint density at radius 2 is 1.85 bits per heavy atom. The van der Waals surface area contributed by atoms with Gasteiger partial charge in [0.2, 0.25) is 0 Å². The topological polar surface area (TPSA) is 59.8 Å². The first-order valence-corrected chi connectivity index (χ1v) is 12.0. The summed E-state index contributed by atoms with van der Waals surface area (Å²) >= 11 is 2.96. The van der Waals surface area contributed by atoms with E-state index in [1.165, 1.54) is 23.5 Å². The summed E-state index contributed by atoms with van der Waals surface area (Å²) in [7, 11) is 0. The van der Waals surface area contributed by atoms with Gasteiger partial charge in [-0.3, -0.25) is 4.79 Å². The van der Waals surface area contributed by atoms with Crippen molar-refractivity contribution in [3.8, 4) is 21.1 Å². The van der Waals surface area contributed by atoms with Gasteiger partial charge in [0.1, 0.15) is 27.2 Å². The Kier molecular flexibility index (Phi) is 5.85. The van der Waals surface area contributed by atoms with Crippen LogP contribution < -0.4 is 5.32 Å². The van der Waals surface area contributed by atoms with Gasteiger partial charge < -0.3 is 9.88 Å². The molecule has 1 amide bonds. The quantitative estimate of drug-likeness (QED) is 0.306. The molecule has 8 heteroatoms. The molecule has 0 unspecified atom stereocenters. The van der Waals surface area contributed by atoms with Crippen molar-refractivity contribution in [2.24, 2.45) is 0 Å². The molecule has 164 valence electrons. The molecule has 0 spiro atoms. The largest absolute Gasteiger partial charge is 0.312 e. The minimum absolute atomic E-state index is 0.244. The molecule has 2 aromatic carbocycles. The van der Waals surface area contributed by atoms with Crippen LogP contribution in [0.5, 0.6) is 0 Å². The third kappa shape index (κ3) is 4.48. The van der Waals surface area contributed by atoms with Gasteiger partial charge in [-0.2, -0.15) is 0 Å². The summed E-state index contributed by atoms with van der Waals surface area (Å²) in [5.41, 5.74) is 3.06. The van der Waals surface area contributed by atoms with E-state index in [0.717, 1.165) is 21.0 Å². The molecule has 0 fully saturated rings. The van der Waals surface area contributed by atoms with E-state index in [9.17, 15) is 9.18 Å². The number of anilines is 1. The molecule has 3 heterocycles. The van der Waals surface area contributed by atoms with Gasteiger partial charge in [0.05, 0.1) is 23.4 Å². The highest BCUT2D eigenvalue weighted by molar-refractivity contribution is 7.22. The molecule has 0 radical (unpaired) electrons. The minimum atomic E-state index is -0.325. The van der Waals surface area contributed by atoms with Crippen molar-refractivity contribution in [3.63, 3.8) is 0 Å². The smallest absolute Gasteiger partial charge is 0.268 e. The third-order valence-electron chi connectivity index (χ3n) is 5.12. The number of nitrogens with zero attached hydrogens (tertiary/aromatic N) is 3. The lowest BCUT2D eigenvalue weighted by Gasteiger charge is -2.12. The van der Waals surface area contributed by atoms with Crippen molar-refractivity contribution in [1.82, 2.24) is 14.5 Å². The van der Waals surface area contributed by atoms with E-state index in [1.54, 1.807) is 29.8 Å². The zero-order valence-electron chi connectivity index (χ0n) is 17.7. The van der Waals surface area contributed by atoms with Gasteiger partial charge in [0.25, 0.3) is 5.91 Å². The van der Waals surface area contributed by atoms with Crippen molar-refractivity contribution < 1.29 is 9.18 Å². The van der Waals surface area contributed by atoms with Crippen LogP contribution in [0.15, 0.2) is 78.4 Å². The third-order valence-corrected chi connectivity index (χ3v) is 7.31. The van der Waals surface area contributed by atoms with Crippen LogP contribution in [0.2, 0.25) is 0 Å². The minimum Gasteiger partial charge on any atom is -0.312 e. The summed E-state index contributed by atoms with van der Waals surface area (Å²) in [6.07, 6.45) is 1.69. The van der Waals surface area contributed by atoms with Crippen LogP contribution in [-0.2, 0) is 6.54 Å². The predicted octanol–water partition coefficient (Wildman–Crippen LogP) is 6.48. The second kappa shape index (κ2) is 9.09. The number of carbonyl (C=O) groups is 1. The van der Waals surface area contributed by atoms with Crippen molar-refractivity contribution in [2.75, 3.05) is 5.32 Å². The van der Waals surface area contributed by atoms with Gasteiger partial charge in [-0.05, 0) is 48.2 Å². The molecule has 0 atom stereocenters. The lowest BCUT2D eigenvalue weighted by Crippen LogP contribution is -2.16. The number of hydrogen-bond acceptors (Lipinski definition) is 5. The van der Waals surface area contributed by atoms with Gasteiger partial charge in [-0.15, -0.1) is 22.7 Å². The molecule has 0 saturated carbocycles. The highest BCUT2D eigenvalue weighted by Gasteiger charge is 2.21. The van der Waals surface area contributed by atoms with E-state index in [-0.39, 0.29) is 11.7 Å². The van der Waals surface area contributed by atoms with Crippen LogP contribution in [-0.4, -0.2) is 20.4 Å². The van der Waals surface area contributed by atoms with Crippen LogP contribution in [0.25, 0.3) is 21.1 Å². The summed E-state index contributed by atoms with van der Waals surface area (Å²) in [5, 5.41) is 5.86. The Labute approximate surface area is 198 Å². The standard InChI is InChI=1S/C25H19FN4OS2/c1-16-22(33-25(28-16)20-8-5-13-32-20)24(31)29-23-21(18-9-11-19(26)12-10-18)27-15-30(23)14-17-6-3-2-4-7-17/h2-13,15H,14H2,1H3,(H,29,31). The zero-order chi connectivity index (χ0) is 22.8. The summed E-state index contributed by atoms with van der Waals surface area (Å²) in [5.74, 6) is -0.0126. The van der Waals surface area contributed by atoms with Crippen molar-refractivity contribution >= 4 is 34.4 Å². The number of carbonyl (C=O) groups excluding carboxylic acids is 1. The van der Waals surface area contributed by atoms with Crippen molar-refractivity contribution in [3.05, 3.63) is 100 Å². The number of halogens is 1. The van der Waals surface area contributed by atoms with Gasteiger partial charge in [-0.1, -0.05) is 36.4 Å². The fourth-order valence-electron chi connectivity index (χ4n) is 3.51. The van der Waals surface area contributed by atoms with Crippen LogP contribution in [0.1, 0.15) is 20.9 Å². The van der Waals surface area contributed by atoms with Gasteiger partial charge in [-0.25, -0.2) is 14.4 Å². The highest BCUT2D eigenvalue weighted by Crippen LogP contribution is 2.33. The number of amides is 1. The lowest BCUT2D eigenvalue weighted by molar-refractivity contribution is 0.102. The summed E-state index contributed by atoms with van der Waals surface area (Å²) < 4.78 is 15.4. The fourth-order valence-corrected chi connectivity index (χ4v) is 5.27. The number of aromatic nitrogens is 3. The van der Waals surface area contributed by atoms with E-state index in [0.29, 0.717) is 28.6 Å². The van der Waals surface area contributed by atoms with Gasteiger partial charge in [0, 0.05) is 5.56 Å². The second-order valence-corrected chi connectivity index (χ2v) is 9.37. The molecule has 33 heavy (non-hydrogen) atoms. The number of imidazole rings is 1. The van der Waals surface area contributed by atoms with E-state index < -0.39 is 0 Å². The Morgan fingerprint density at radius 3 is 2.58 bits per heavy atom. The van der Waals surface area contributed by atoms with Gasteiger partial charge >= 0.3 is 0 Å². The molecule has 0 aliphatic rings. The zero-order valence-corrected chi connectivity index (χ0v) is 19.3. The number of benzene rings is 2. The molecule has 0 aliphatic heterocycles. The van der Waals surface area contributed by atoms with E-state index in [2.05, 4.69) is 15.3 Å². The van der Waals surface area contributed by atoms with E-state index >= 15 is 0 Å². The Bertz CT molecular complexity index is 1390. The number of thiazole rings is 1. The molecule has 5 nitrogen and oxygen atoms in total. The molecule has 0 bridgehead atoms. The maximum absolute atomic E-state index is 13.5. The highest BCUT2D eigenvalue weighted by atomic mass is 32.1. The molecule has 5 aromatic rings. The van der Waals surface area contributed by atoms with E-state index in [1.807, 2.05) is 59.3 Å². The van der Waals surface area contributed by atoms with Crippen LogP contribution in [0, 0.1) is 12.7 Å². The Hall–Kier alpha value is -3.62. The average molecular weight is 475 g/mol. The first-order valence-electron chi connectivity index (χ1n) is 10.3. The predicted molar refractivity (Wildman–Crippen MR) is 131 cm³/mol. The maximum atomic E-state index is 13.5. The molecular formula is C25H19FN4OS2. The molecule has 5 rings (SSSR count). The maximum Gasteiger partial charge on any atom is 0.268 e. The summed E-state index contributed by atoms with van der Waals surface area (Å²) in [6.45, 7) is 2.37. The second-order valence-electron chi connectivity index (χ2n) is 7.43. The number of nitrogens with one attached hydrogen (secondary N) is 1. The molecular weight excluding hydrogens is 455 g/mol. The molecule has 0 saturated heterocycles. The molecule has 0 aliphatic carbocycles. The number of thiophene rings is 1. The van der Waals surface area contributed by atoms with Crippen molar-refractivity contribution in [1.29, 1.82) is 0 Å². The van der Waals surface area contributed by atoms with Crippen LogP contribution in [0.3, 0.4) is 0 Å². The SMILES string of the molecule is Cc1nc(-c2cccs2)sc1C(=O)Nc1c(-c2ccc(F)cc2)ncn1Cc1ccccc1. The number of rotatable bonds is 6. The Morgan fingerprint density at radius 1 is 1.06 bits per heavy atom. The first-order chi connectivity index (χ1) is 16.1. The summed E-state index contributed by atoms with van der Waals surface area (Å²) in [4.78, 5) is 24.0. The number of aryl methyl sites for hydroxylation is 1. The monoisotopic (exact) mass is 474 g/mol. The van der Waals surface area contributed by atoms with Crippen LogP contribution in [0.4, 0.5) is 10.2 Å². The number of hydrogen-bond donors (Lipinski definition) is 1. The Balaban J connectivity index is 1.51. The average Bonchev–Trinajstić information content (AvgIpc) is 3.56. The molecule has 1 N–H and O–H groups in total. The molecule has 3 aromatic heterocycles. The van der Waals surface area contributed by atoms with Crippen molar-refractivity contribution in [2.45, 2.75) is 13.5 Å². The lowest BCUT2D eigenvalue weighted by atomic mass is 10.1. The fraction of sp³-hybridized carbons (Fsp3) is 0.0800. The normalized spacial score (nSPS) is 11.0. The van der Waals surface area contributed by atoms with Crippen LogP contribution >= 0.6 is 22.7 Å². The summed E-state index contributed by atoms with van der Waals surface area (Å²) in [6, 6.07) is 20.0. The van der Waals surface area contributed by atoms with Gasteiger partial charge in [0.15, 0.2) is 0 Å². The first kappa shape index (κ1) is 21.2. The van der Waals surface area contributed by atoms with E-state index in [4.69, 9.17) is 0 Å².